The van der Waals surface area contributed by atoms with Crippen LogP contribution < -0.4 is 0 Å². The lowest BCUT2D eigenvalue weighted by molar-refractivity contribution is 0.0630. The summed E-state index contributed by atoms with van der Waals surface area (Å²) in [5.41, 5.74) is 2.20. The van der Waals surface area contributed by atoms with Gasteiger partial charge in [-0.25, -0.2) is 4.39 Å². The zero-order valence-electron chi connectivity index (χ0n) is 16.2. The summed E-state index contributed by atoms with van der Waals surface area (Å²) in [7, 11) is 0. The molecule has 0 saturated carbocycles. The highest BCUT2D eigenvalue weighted by Gasteiger charge is 2.14. The van der Waals surface area contributed by atoms with E-state index < -0.39 is 0 Å². The summed E-state index contributed by atoms with van der Waals surface area (Å²) in [6.07, 6.45) is 7.72. The number of aromatic nitrogens is 1. The van der Waals surface area contributed by atoms with Gasteiger partial charge >= 0.3 is 0 Å². The number of rotatable bonds is 10. The number of nitrogens with zero attached hydrogens (tertiary/aromatic N) is 1. The van der Waals surface area contributed by atoms with E-state index in [4.69, 9.17) is 9.47 Å². The number of ether oxygens (including phenoxy) is 2. The molecule has 1 saturated heterocycles. The lowest BCUT2D eigenvalue weighted by Gasteiger charge is -2.21. The van der Waals surface area contributed by atoms with E-state index in [1.54, 1.807) is 18.3 Å². The van der Waals surface area contributed by atoms with E-state index in [2.05, 4.69) is 4.98 Å². The maximum absolute atomic E-state index is 13.1. The van der Waals surface area contributed by atoms with Crippen molar-refractivity contribution in [3.8, 4) is 0 Å². The van der Waals surface area contributed by atoms with Gasteiger partial charge in [-0.1, -0.05) is 31.0 Å². The van der Waals surface area contributed by atoms with Crippen LogP contribution in [0, 0.1) is 11.7 Å². The van der Waals surface area contributed by atoms with E-state index in [-0.39, 0.29) is 11.6 Å². The minimum absolute atomic E-state index is 0.0965. The first-order chi connectivity index (χ1) is 13.7. The molecule has 4 nitrogen and oxygen atoms in total. The third kappa shape index (κ3) is 6.80. The fourth-order valence-electron chi connectivity index (χ4n) is 3.47. The van der Waals surface area contributed by atoms with Crippen LogP contribution in [0.5, 0.6) is 0 Å². The highest BCUT2D eigenvalue weighted by Crippen LogP contribution is 2.21. The van der Waals surface area contributed by atoms with Crippen molar-refractivity contribution in [3.63, 3.8) is 0 Å². The van der Waals surface area contributed by atoms with Crippen LogP contribution in [0.4, 0.5) is 4.39 Å². The minimum Gasteiger partial charge on any atom is -0.381 e. The summed E-state index contributed by atoms with van der Waals surface area (Å²) in [5.74, 6) is 0.589. The molecule has 0 aliphatic carbocycles. The van der Waals surface area contributed by atoms with Crippen molar-refractivity contribution in [1.29, 1.82) is 0 Å². The summed E-state index contributed by atoms with van der Waals surface area (Å²) in [6.45, 7) is 2.48. The molecule has 0 spiro atoms. The fourth-order valence-corrected chi connectivity index (χ4v) is 3.47. The Morgan fingerprint density at radius 2 is 1.93 bits per heavy atom. The molecule has 2 heterocycles. The lowest BCUT2D eigenvalue weighted by atomic mass is 9.93. The standard InChI is InChI=1S/C23H28FNO3/c24-21-6-3-5-19(14-21)16-28-17-20-8-9-22(25-15-20)23(26)7-2-1-4-18-10-12-27-13-11-18/h3,5-6,8-9,14-15,18H,1-2,4,7,10-13,16-17H2. The fraction of sp³-hybridized carbons (Fsp3) is 0.478. The molecule has 1 aromatic heterocycles. The molecule has 0 amide bonds. The van der Waals surface area contributed by atoms with Gasteiger partial charge in [-0.3, -0.25) is 9.78 Å². The molecule has 2 aromatic rings. The summed E-state index contributed by atoms with van der Waals surface area (Å²) in [4.78, 5) is 16.6. The van der Waals surface area contributed by atoms with E-state index in [0.717, 1.165) is 55.9 Å². The molecule has 1 aliphatic rings. The molecule has 0 N–H and O–H groups in total. The molecule has 0 bridgehead atoms. The summed E-state index contributed by atoms with van der Waals surface area (Å²) in [5, 5.41) is 0. The van der Waals surface area contributed by atoms with E-state index in [1.165, 1.54) is 18.6 Å². The van der Waals surface area contributed by atoms with Crippen molar-refractivity contribution in [2.75, 3.05) is 13.2 Å². The number of carbonyl (C=O) groups excluding carboxylic acids is 1. The van der Waals surface area contributed by atoms with E-state index in [0.29, 0.717) is 25.3 Å². The van der Waals surface area contributed by atoms with Gasteiger partial charge in [0.15, 0.2) is 5.78 Å². The first kappa shape index (κ1) is 20.6. The van der Waals surface area contributed by atoms with E-state index in [1.807, 2.05) is 12.1 Å². The van der Waals surface area contributed by atoms with Gasteiger partial charge in [0, 0.05) is 25.8 Å². The van der Waals surface area contributed by atoms with Gasteiger partial charge in [0.2, 0.25) is 0 Å². The van der Waals surface area contributed by atoms with Gasteiger partial charge in [0.25, 0.3) is 0 Å². The molecule has 0 radical (unpaired) electrons. The molecule has 0 unspecified atom stereocenters. The Morgan fingerprint density at radius 1 is 1.11 bits per heavy atom. The first-order valence-corrected chi connectivity index (χ1v) is 10.1. The number of unbranched alkanes of at least 4 members (excludes halogenated alkanes) is 1. The number of hydrogen-bond donors (Lipinski definition) is 0. The third-order valence-electron chi connectivity index (χ3n) is 5.14. The van der Waals surface area contributed by atoms with Crippen molar-refractivity contribution < 1.29 is 18.7 Å². The molecule has 0 atom stereocenters. The summed E-state index contributed by atoms with van der Waals surface area (Å²) >= 11 is 0. The number of carbonyl (C=O) groups is 1. The van der Waals surface area contributed by atoms with Gasteiger partial charge in [0.1, 0.15) is 11.5 Å². The van der Waals surface area contributed by atoms with E-state index in [9.17, 15) is 9.18 Å². The van der Waals surface area contributed by atoms with Crippen LogP contribution in [-0.2, 0) is 22.7 Å². The molecule has 5 heteroatoms. The molecule has 1 aromatic carbocycles. The van der Waals surface area contributed by atoms with Gasteiger partial charge in [-0.2, -0.15) is 0 Å². The monoisotopic (exact) mass is 385 g/mol. The average molecular weight is 385 g/mol. The Labute approximate surface area is 166 Å². The number of ketones is 1. The Morgan fingerprint density at radius 3 is 2.68 bits per heavy atom. The van der Waals surface area contributed by atoms with Gasteiger partial charge in [0.05, 0.1) is 13.2 Å². The largest absolute Gasteiger partial charge is 0.381 e. The maximum atomic E-state index is 13.1. The van der Waals surface area contributed by atoms with E-state index >= 15 is 0 Å². The Balaban J connectivity index is 1.35. The SMILES string of the molecule is O=C(CCCCC1CCOCC1)c1ccc(COCc2cccc(F)c2)cn1. The van der Waals surface area contributed by atoms with Gasteiger partial charge < -0.3 is 9.47 Å². The number of pyridine rings is 1. The zero-order valence-corrected chi connectivity index (χ0v) is 16.2. The number of Topliss-reactive ketones (excluding diaryl/α,β-unsaturated/α-hetero) is 1. The topological polar surface area (TPSA) is 48.4 Å². The number of hydrogen-bond acceptors (Lipinski definition) is 4. The normalized spacial score (nSPS) is 14.9. The van der Waals surface area contributed by atoms with Crippen LogP contribution in [0.25, 0.3) is 0 Å². The van der Waals surface area contributed by atoms with Crippen molar-refractivity contribution in [3.05, 3.63) is 65.2 Å². The highest BCUT2D eigenvalue weighted by molar-refractivity contribution is 5.94. The Hall–Kier alpha value is -2.11. The number of benzene rings is 1. The second-order valence-electron chi connectivity index (χ2n) is 7.40. The molecular weight excluding hydrogens is 357 g/mol. The van der Waals surface area contributed by atoms with Crippen molar-refractivity contribution >= 4 is 5.78 Å². The van der Waals surface area contributed by atoms with Crippen molar-refractivity contribution in [2.45, 2.75) is 51.7 Å². The van der Waals surface area contributed by atoms with Crippen molar-refractivity contribution in [2.24, 2.45) is 5.92 Å². The third-order valence-corrected chi connectivity index (χ3v) is 5.14. The van der Waals surface area contributed by atoms with Crippen LogP contribution >= 0.6 is 0 Å². The van der Waals surface area contributed by atoms with Crippen molar-refractivity contribution in [1.82, 2.24) is 4.98 Å². The predicted molar refractivity (Wildman–Crippen MR) is 105 cm³/mol. The second kappa shape index (κ2) is 11.0. The Bertz CT molecular complexity index is 742. The molecule has 3 rings (SSSR count). The zero-order chi connectivity index (χ0) is 19.6. The molecule has 28 heavy (non-hydrogen) atoms. The van der Waals surface area contributed by atoms with Gasteiger partial charge in [-0.15, -0.1) is 0 Å². The molecule has 150 valence electrons. The molecule has 1 fully saturated rings. The Kier molecular flexibility index (Phi) is 8.12. The quantitative estimate of drug-likeness (QED) is 0.421. The maximum Gasteiger partial charge on any atom is 0.181 e. The van der Waals surface area contributed by atoms with Crippen LogP contribution in [0.1, 0.15) is 60.1 Å². The van der Waals surface area contributed by atoms with Crippen LogP contribution in [0.3, 0.4) is 0 Å². The lowest BCUT2D eigenvalue weighted by Crippen LogP contribution is -2.15. The van der Waals surface area contributed by atoms with Gasteiger partial charge in [-0.05, 0) is 54.5 Å². The highest BCUT2D eigenvalue weighted by atomic mass is 19.1. The first-order valence-electron chi connectivity index (χ1n) is 10.1. The molecule has 1 aliphatic heterocycles. The van der Waals surface area contributed by atoms with Crippen LogP contribution in [0.15, 0.2) is 42.6 Å². The smallest absolute Gasteiger partial charge is 0.181 e. The van der Waals surface area contributed by atoms with Crippen LogP contribution in [-0.4, -0.2) is 24.0 Å². The number of halogens is 1. The summed E-state index contributed by atoms with van der Waals surface area (Å²) < 4.78 is 24.1. The predicted octanol–water partition coefficient (Wildman–Crippen LogP) is 5.11. The molecular formula is C23H28FNO3. The summed E-state index contributed by atoms with van der Waals surface area (Å²) in [6, 6.07) is 10.00. The second-order valence-corrected chi connectivity index (χ2v) is 7.40. The average Bonchev–Trinajstić information content (AvgIpc) is 2.72. The van der Waals surface area contributed by atoms with Crippen LogP contribution in [0.2, 0.25) is 0 Å². The minimum atomic E-state index is -0.265.